The van der Waals surface area contributed by atoms with Gasteiger partial charge in [-0.15, -0.1) is 0 Å². The molecule has 1 aliphatic heterocycles. The summed E-state index contributed by atoms with van der Waals surface area (Å²) >= 11 is 0. The van der Waals surface area contributed by atoms with Gasteiger partial charge in [-0.3, -0.25) is 29.4 Å². The van der Waals surface area contributed by atoms with E-state index in [1.807, 2.05) is 60.7 Å². The average Bonchev–Trinajstić information content (AvgIpc) is 3.09. The number of nitro benzene ring substituents is 1. The second-order valence-corrected chi connectivity index (χ2v) is 7.77. The Morgan fingerprint density at radius 1 is 0.939 bits per heavy atom. The lowest BCUT2D eigenvalue weighted by Crippen LogP contribution is -2.48. The van der Waals surface area contributed by atoms with E-state index in [0.29, 0.717) is 6.42 Å². The molecule has 0 spiro atoms. The Bertz CT molecular complexity index is 1230. The molecule has 0 aromatic heterocycles. The second kappa shape index (κ2) is 9.04. The Morgan fingerprint density at radius 2 is 1.58 bits per heavy atom. The zero-order chi connectivity index (χ0) is 23.5. The van der Waals surface area contributed by atoms with Crippen molar-refractivity contribution in [2.24, 2.45) is 0 Å². The number of nitrogens with one attached hydrogen (secondary N) is 1. The summed E-state index contributed by atoms with van der Waals surface area (Å²) in [4.78, 5) is 50.4. The van der Waals surface area contributed by atoms with Crippen molar-refractivity contribution in [3.05, 3.63) is 111 Å². The number of nitrogens with zero attached hydrogens (tertiary/aromatic N) is 2. The van der Waals surface area contributed by atoms with Gasteiger partial charge in [-0.05, 0) is 30.5 Å². The van der Waals surface area contributed by atoms with E-state index in [2.05, 4.69) is 5.32 Å². The van der Waals surface area contributed by atoms with Gasteiger partial charge in [0.05, 0.1) is 16.5 Å². The minimum atomic E-state index is -1.15. The predicted octanol–water partition coefficient (Wildman–Crippen LogP) is 3.68. The normalized spacial score (nSPS) is 14.5. The zero-order valence-corrected chi connectivity index (χ0v) is 17.8. The predicted molar refractivity (Wildman–Crippen MR) is 121 cm³/mol. The quantitative estimate of drug-likeness (QED) is 0.340. The van der Waals surface area contributed by atoms with Crippen molar-refractivity contribution < 1.29 is 19.3 Å². The summed E-state index contributed by atoms with van der Waals surface area (Å²) in [5, 5.41) is 14.3. The van der Waals surface area contributed by atoms with Crippen molar-refractivity contribution in [1.29, 1.82) is 0 Å². The number of hydrogen-bond donors (Lipinski definition) is 1. The fourth-order valence-electron chi connectivity index (χ4n) is 3.99. The summed E-state index contributed by atoms with van der Waals surface area (Å²) in [6.45, 7) is 1.44. The van der Waals surface area contributed by atoms with E-state index in [1.54, 1.807) is 0 Å². The van der Waals surface area contributed by atoms with Crippen LogP contribution >= 0.6 is 0 Å². The molecule has 0 saturated carbocycles. The molecule has 2 atom stereocenters. The van der Waals surface area contributed by atoms with Gasteiger partial charge in [0.2, 0.25) is 5.91 Å². The molecule has 166 valence electrons. The molecule has 8 heteroatoms. The van der Waals surface area contributed by atoms with Crippen LogP contribution in [-0.2, 0) is 11.2 Å². The molecule has 0 saturated heterocycles. The number of hydrogen-bond acceptors (Lipinski definition) is 5. The fourth-order valence-corrected chi connectivity index (χ4v) is 3.99. The molecule has 1 N–H and O–H groups in total. The molecule has 0 radical (unpaired) electrons. The summed E-state index contributed by atoms with van der Waals surface area (Å²) in [6, 6.07) is 21.4. The van der Waals surface area contributed by atoms with Crippen molar-refractivity contribution in [3.8, 4) is 0 Å². The number of nitro groups is 1. The first-order valence-corrected chi connectivity index (χ1v) is 10.4. The highest BCUT2D eigenvalue weighted by Crippen LogP contribution is 2.32. The van der Waals surface area contributed by atoms with Crippen LogP contribution in [0.1, 0.15) is 44.8 Å². The van der Waals surface area contributed by atoms with Crippen molar-refractivity contribution in [2.45, 2.75) is 25.4 Å². The summed E-state index contributed by atoms with van der Waals surface area (Å²) in [5.74, 6) is -2.10. The van der Waals surface area contributed by atoms with Crippen LogP contribution in [-0.4, -0.2) is 33.6 Å². The summed E-state index contributed by atoms with van der Waals surface area (Å²) in [7, 11) is 0. The molecule has 0 unspecified atom stereocenters. The van der Waals surface area contributed by atoms with Gasteiger partial charge in [0.25, 0.3) is 17.5 Å². The number of rotatable bonds is 7. The first kappa shape index (κ1) is 21.9. The van der Waals surface area contributed by atoms with Crippen LogP contribution in [0, 0.1) is 10.1 Å². The first-order chi connectivity index (χ1) is 15.9. The van der Waals surface area contributed by atoms with Gasteiger partial charge < -0.3 is 5.32 Å². The third kappa shape index (κ3) is 4.23. The van der Waals surface area contributed by atoms with Crippen LogP contribution in [0.25, 0.3) is 0 Å². The maximum atomic E-state index is 13.2. The van der Waals surface area contributed by atoms with Crippen molar-refractivity contribution >= 4 is 23.4 Å². The molecule has 3 aromatic carbocycles. The van der Waals surface area contributed by atoms with Crippen LogP contribution in [0.3, 0.4) is 0 Å². The number of amides is 3. The summed E-state index contributed by atoms with van der Waals surface area (Å²) in [5.41, 5.74) is 1.08. The molecule has 0 fully saturated rings. The lowest BCUT2D eigenvalue weighted by molar-refractivity contribution is -0.385. The lowest BCUT2D eigenvalue weighted by atomic mass is 9.98. The highest BCUT2D eigenvalue weighted by Gasteiger charge is 2.45. The molecular weight excluding hydrogens is 422 g/mol. The Hall–Kier alpha value is -4.33. The van der Waals surface area contributed by atoms with Crippen molar-refractivity contribution in [1.82, 2.24) is 10.2 Å². The van der Waals surface area contributed by atoms with E-state index in [-0.39, 0.29) is 11.1 Å². The van der Waals surface area contributed by atoms with Crippen LogP contribution in [0.15, 0.2) is 78.9 Å². The van der Waals surface area contributed by atoms with Gasteiger partial charge >= 0.3 is 0 Å². The number of carbonyl (C=O) groups excluding carboxylic acids is 3. The smallest absolute Gasteiger partial charge is 0.282 e. The molecule has 1 aliphatic rings. The van der Waals surface area contributed by atoms with Crippen LogP contribution in [0.4, 0.5) is 5.69 Å². The number of carbonyl (C=O) groups is 3. The second-order valence-electron chi connectivity index (χ2n) is 7.77. The monoisotopic (exact) mass is 443 g/mol. The molecular formula is C25H21N3O5. The van der Waals surface area contributed by atoms with Crippen molar-refractivity contribution in [2.75, 3.05) is 0 Å². The molecule has 3 amide bonds. The number of benzene rings is 3. The highest BCUT2D eigenvalue weighted by molar-refractivity contribution is 6.24. The van der Waals surface area contributed by atoms with E-state index >= 15 is 0 Å². The minimum Gasteiger partial charge on any atom is -0.347 e. The van der Waals surface area contributed by atoms with Crippen LogP contribution < -0.4 is 5.32 Å². The Balaban J connectivity index is 1.59. The zero-order valence-electron chi connectivity index (χ0n) is 17.8. The van der Waals surface area contributed by atoms with Crippen molar-refractivity contribution in [3.63, 3.8) is 0 Å². The van der Waals surface area contributed by atoms with E-state index in [4.69, 9.17) is 0 Å². The SMILES string of the molecule is C[C@H](C(=O)N[C@@H](Cc1ccccc1)c1ccccc1)N1C(=O)c2cccc([N+](=O)[O-])c2C1=O. The highest BCUT2D eigenvalue weighted by atomic mass is 16.6. The van der Waals surface area contributed by atoms with Gasteiger partial charge in [0, 0.05) is 6.07 Å². The summed E-state index contributed by atoms with van der Waals surface area (Å²) < 4.78 is 0. The minimum absolute atomic E-state index is 0.0715. The Labute approximate surface area is 190 Å². The Morgan fingerprint density at radius 3 is 2.21 bits per heavy atom. The molecule has 33 heavy (non-hydrogen) atoms. The number of fused-ring (bicyclic) bond motifs is 1. The van der Waals surface area contributed by atoms with E-state index in [1.165, 1.54) is 25.1 Å². The van der Waals surface area contributed by atoms with E-state index < -0.39 is 40.4 Å². The van der Waals surface area contributed by atoms with E-state index in [9.17, 15) is 24.5 Å². The molecule has 0 bridgehead atoms. The molecule has 0 aliphatic carbocycles. The largest absolute Gasteiger partial charge is 0.347 e. The van der Waals surface area contributed by atoms with E-state index in [0.717, 1.165) is 16.0 Å². The Kier molecular flexibility index (Phi) is 5.99. The van der Waals surface area contributed by atoms with Crippen LogP contribution in [0.5, 0.6) is 0 Å². The van der Waals surface area contributed by atoms with Gasteiger partial charge in [0.15, 0.2) is 0 Å². The van der Waals surface area contributed by atoms with Gasteiger partial charge in [-0.2, -0.15) is 0 Å². The van der Waals surface area contributed by atoms with Gasteiger partial charge in [-0.25, -0.2) is 0 Å². The summed E-state index contributed by atoms with van der Waals surface area (Å²) in [6.07, 6.45) is 0.511. The maximum absolute atomic E-state index is 13.2. The topological polar surface area (TPSA) is 110 Å². The maximum Gasteiger partial charge on any atom is 0.282 e. The molecule has 8 nitrogen and oxygen atoms in total. The molecule has 4 rings (SSSR count). The average molecular weight is 443 g/mol. The van der Waals surface area contributed by atoms with Crippen LogP contribution in [0.2, 0.25) is 0 Å². The first-order valence-electron chi connectivity index (χ1n) is 10.4. The van der Waals surface area contributed by atoms with Gasteiger partial charge in [-0.1, -0.05) is 66.7 Å². The fraction of sp³-hybridized carbons (Fsp3) is 0.160. The van der Waals surface area contributed by atoms with Gasteiger partial charge in [0.1, 0.15) is 11.6 Å². The molecule has 3 aromatic rings. The standard InChI is InChI=1S/C25H21N3O5/c1-16(27-24(30)19-13-8-14-21(28(32)33)22(19)25(27)31)23(29)26-20(18-11-6-3-7-12-18)15-17-9-4-2-5-10-17/h2-14,16,20H,15H2,1H3,(H,26,29)/t16-,20+/m1/s1. The number of imide groups is 1. The lowest BCUT2D eigenvalue weighted by Gasteiger charge is -2.26. The molecule has 1 heterocycles. The third-order valence-corrected chi connectivity index (χ3v) is 5.69. The third-order valence-electron chi connectivity index (χ3n) is 5.69.